The molecule has 0 aromatic carbocycles. The van der Waals surface area contributed by atoms with Crippen LogP contribution in [-0.2, 0) is 9.47 Å². The van der Waals surface area contributed by atoms with Crippen LogP contribution < -0.4 is 10.2 Å². The van der Waals surface area contributed by atoms with E-state index in [1.54, 1.807) is 0 Å². The third-order valence-electron chi connectivity index (χ3n) is 3.80. The zero-order valence-electron chi connectivity index (χ0n) is 11.5. The molecule has 0 bridgehead atoms. The van der Waals surface area contributed by atoms with Gasteiger partial charge in [0.1, 0.15) is 18.1 Å². The van der Waals surface area contributed by atoms with Crippen LogP contribution in [0.3, 0.4) is 0 Å². The molecule has 1 aromatic rings. The van der Waals surface area contributed by atoms with Gasteiger partial charge in [0.15, 0.2) is 11.0 Å². The number of hydrogen-bond donors (Lipinski definition) is 1. The Hall–Kier alpha value is -1.11. The fourth-order valence-corrected chi connectivity index (χ4v) is 3.02. The number of rotatable bonds is 3. The van der Waals surface area contributed by atoms with Gasteiger partial charge in [0.25, 0.3) is 0 Å². The Bertz CT molecular complexity index is 468. The zero-order chi connectivity index (χ0) is 13.9. The number of aromatic nitrogens is 2. The monoisotopic (exact) mass is 298 g/mol. The topological polar surface area (TPSA) is 59.5 Å². The molecule has 2 atom stereocenters. The van der Waals surface area contributed by atoms with Crippen molar-refractivity contribution in [2.24, 2.45) is 0 Å². The molecule has 20 heavy (non-hydrogen) atoms. The first kappa shape index (κ1) is 13.9. The number of nitrogens with zero attached hydrogens (tertiary/aromatic N) is 3. The van der Waals surface area contributed by atoms with Crippen molar-refractivity contribution in [1.29, 1.82) is 0 Å². The third kappa shape index (κ3) is 2.68. The molecule has 0 radical (unpaired) electrons. The van der Waals surface area contributed by atoms with E-state index in [0.717, 1.165) is 44.0 Å². The smallest absolute Gasteiger partial charge is 0.157 e. The Labute approximate surface area is 123 Å². The van der Waals surface area contributed by atoms with E-state index in [4.69, 9.17) is 21.1 Å². The molecule has 0 amide bonds. The van der Waals surface area contributed by atoms with Gasteiger partial charge >= 0.3 is 0 Å². The summed E-state index contributed by atoms with van der Waals surface area (Å²) in [6.07, 6.45) is 3.99. The predicted molar refractivity (Wildman–Crippen MR) is 77.5 cm³/mol. The van der Waals surface area contributed by atoms with Gasteiger partial charge in [-0.15, -0.1) is 0 Å². The van der Waals surface area contributed by atoms with Gasteiger partial charge in [0.05, 0.1) is 12.7 Å². The number of nitrogens with one attached hydrogen (secondary N) is 1. The lowest BCUT2D eigenvalue weighted by Crippen LogP contribution is -2.48. The molecule has 2 aliphatic rings. The fourth-order valence-electron chi connectivity index (χ4n) is 2.80. The van der Waals surface area contributed by atoms with E-state index >= 15 is 0 Å². The lowest BCUT2D eigenvalue weighted by molar-refractivity contribution is -0.0544. The van der Waals surface area contributed by atoms with E-state index in [2.05, 4.69) is 20.2 Å². The van der Waals surface area contributed by atoms with Gasteiger partial charge in [0, 0.05) is 26.7 Å². The van der Waals surface area contributed by atoms with Crippen molar-refractivity contribution < 1.29 is 9.47 Å². The number of morpholine rings is 1. The van der Waals surface area contributed by atoms with Gasteiger partial charge < -0.3 is 19.7 Å². The predicted octanol–water partition coefficient (Wildman–Crippen LogP) is 1.56. The minimum absolute atomic E-state index is 0.102. The van der Waals surface area contributed by atoms with Crippen LogP contribution in [0.5, 0.6) is 0 Å². The van der Waals surface area contributed by atoms with Gasteiger partial charge in [-0.25, -0.2) is 9.97 Å². The standard InChI is InChI=1S/C13H19ClN4O2/c1-15-11-12(14)16-8-17-13(11)18-4-6-20-10(7-18)9-3-2-5-19-9/h8-10,15H,2-7H2,1H3/t9-,10+/m1/s1. The summed E-state index contributed by atoms with van der Waals surface area (Å²) in [7, 11) is 1.83. The molecule has 1 aromatic heterocycles. The molecule has 0 unspecified atom stereocenters. The summed E-state index contributed by atoms with van der Waals surface area (Å²) in [6.45, 7) is 3.08. The second kappa shape index (κ2) is 6.11. The Balaban J connectivity index is 1.78. The summed E-state index contributed by atoms with van der Waals surface area (Å²) in [5, 5.41) is 3.52. The minimum Gasteiger partial charge on any atom is -0.383 e. The van der Waals surface area contributed by atoms with E-state index in [1.807, 2.05) is 7.05 Å². The molecular weight excluding hydrogens is 280 g/mol. The Morgan fingerprint density at radius 3 is 2.90 bits per heavy atom. The van der Waals surface area contributed by atoms with Gasteiger partial charge in [-0.1, -0.05) is 11.6 Å². The molecular formula is C13H19ClN4O2. The molecule has 7 heteroatoms. The lowest BCUT2D eigenvalue weighted by Gasteiger charge is -2.36. The van der Waals surface area contributed by atoms with Crippen LogP contribution in [0.15, 0.2) is 6.33 Å². The summed E-state index contributed by atoms with van der Waals surface area (Å²) >= 11 is 6.12. The van der Waals surface area contributed by atoms with Gasteiger partial charge in [0.2, 0.25) is 0 Å². The minimum atomic E-state index is 0.102. The Morgan fingerprint density at radius 1 is 1.30 bits per heavy atom. The molecule has 110 valence electrons. The van der Waals surface area contributed by atoms with Crippen LogP contribution in [0.4, 0.5) is 11.5 Å². The average Bonchev–Trinajstić information content (AvgIpc) is 3.01. The SMILES string of the molecule is CNc1c(Cl)ncnc1N1CCO[C@H]([C@H]2CCCO2)C1. The van der Waals surface area contributed by atoms with E-state index < -0.39 is 0 Å². The van der Waals surface area contributed by atoms with Crippen LogP contribution in [0.25, 0.3) is 0 Å². The first-order valence-electron chi connectivity index (χ1n) is 6.96. The van der Waals surface area contributed by atoms with Crippen molar-refractivity contribution in [1.82, 2.24) is 9.97 Å². The second-order valence-corrected chi connectivity index (χ2v) is 5.38. The van der Waals surface area contributed by atoms with Gasteiger partial charge in [-0.2, -0.15) is 0 Å². The second-order valence-electron chi connectivity index (χ2n) is 5.02. The van der Waals surface area contributed by atoms with Crippen LogP contribution >= 0.6 is 11.6 Å². The Morgan fingerprint density at radius 2 is 2.15 bits per heavy atom. The van der Waals surface area contributed by atoms with E-state index in [0.29, 0.717) is 11.8 Å². The molecule has 2 aliphatic heterocycles. The highest BCUT2D eigenvalue weighted by Gasteiger charge is 2.32. The first-order chi connectivity index (χ1) is 9.79. The maximum atomic E-state index is 6.12. The number of ether oxygens (including phenoxy) is 2. The van der Waals surface area contributed by atoms with Crippen LogP contribution in [0.1, 0.15) is 12.8 Å². The summed E-state index contributed by atoms with van der Waals surface area (Å²) < 4.78 is 11.6. The van der Waals surface area contributed by atoms with Gasteiger partial charge in [-0.05, 0) is 12.8 Å². The fraction of sp³-hybridized carbons (Fsp3) is 0.692. The van der Waals surface area contributed by atoms with E-state index in [1.165, 1.54) is 6.33 Å². The zero-order valence-corrected chi connectivity index (χ0v) is 12.3. The summed E-state index contributed by atoms with van der Waals surface area (Å²) in [4.78, 5) is 10.6. The summed E-state index contributed by atoms with van der Waals surface area (Å²) in [5.41, 5.74) is 0.766. The quantitative estimate of drug-likeness (QED) is 0.855. The summed E-state index contributed by atoms with van der Waals surface area (Å²) in [5.74, 6) is 0.832. The maximum Gasteiger partial charge on any atom is 0.157 e. The first-order valence-corrected chi connectivity index (χ1v) is 7.34. The third-order valence-corrected chi connectivity index (χ3v) is 4.09. The highest BCUT2D eigenvalue weighted by Crippen LogP contribution is 2.31. The molecule has 3 rings (SSSR count). The van der Waals surface area contributed by atoms with Gasteiger partial charge in [-0.3, -0.25) is 0 Å². The molecule has 2 fully saturated rings. The van der Waals surface area contributed by atoms with E-state index in [-0.39, 0.29) is 12.2 Å². The van der Waals surface area contributed by atoms with Crippen molar-refractivity contribution in [2.75, 3.05) is 43.6 Å². The Kier molecular flexibility index (Phi) is 4.24. The normalized spacial score (nSPS) is 26.8. The summed E-state index contributed by atoms with van der Waals surface area (Å²) in [6, 6.07) is 0. The van der Waals surface area contributed by atoms with Crippen molar-refractivity contribution in [3.63, 3.8) is 0 Å². The van der Waals surface area contributed by atoms with Crippen LogP contribution in [0, 0.1) is 0 Å². The molecule has 3 heterocycles. The number of anilines is 2. The molecule has 0 spiro atoms. The van der Waals surface area contributed by atoms with Crippen molar-refractivity contribution >= 4 is 23.1 Å². The molecule has 6 nitrogen and oxygen atoms in total. The molecule has 0 saturated carbocycles. The van der Waals surface area contributed by atoms with Crippen molar-refractivity contribution in [3.8, 4) is 0 Å². The lowest BCUT2D eigenvalue weighted by atomic mass is 10.1. The molecule has 0 aliphatic carbocycles. The largest absolute Gasteiger partial charge is 0.383 e. The molecule has 2 saturated heterocycles. The van der Waals surface area contributed by atoms with Crippen molar-refractivity contribution in [3.05, 3.63) is 11.5 Å². The molecule has 1 N–H and O–H groups in total. The maximum absolute atomic E-state index is 6.12. The van der Waals surface area contributed by atoms with E-state index in [9.17, 15) is 0 Å². The van der Waals surface area contributed by atoms with Crippen LogP contribution in [0.2, 0.25) is 5.15 Å². The highest BCUT2D eigenvalue weighted by atomic mass is 35.5. The average molecular weight is 299 g/mol. The highest BCUT2D eigenvalue weighted by molar-refractivity contribution is 6.32. The van der Waals surface area contributed by atoms with Crippen molar-refractivity contribution in [2.45, 2.75) is 25.0 Å². The number of halogens is 1. The van der Waals surface area contributed by atoms with Crippen LogP contribution in [-0.4, -0.2) is 55.5 Å². The number of hydrogen-bond acceptors (Lipinski definition) is 6.